The number of halogens is 1. The first-order chi connectivity index (χ1) is 8.77. The van der Waals surface area contributed by atoms with Gasteiger partial charge in [-0.15, -0.1) is 11.8 Å². The van der Waals surface area contributed by atoms with Crippen LogP contribution in [0.4, 0.5) is 5.82 Å². The highest BCUT2D eigenvalue weighted by atomic mass is 79.9. The van der Waals surface area contributed by atoms with Gasteiger partial charge in [-0.05, 0) is 46.6 Å². The Hall–Kier alpha value is -1.00. The summed E-state index contributed by atoms with van der Waals surface area (Å²) >= 11 is 5.39. The average Bonchev–Trinajstić information content (AvgIpc) is 2.40. The number of aromatic nitrogens is 1. The Morgan fingerprint density at radius 1 is 1.22 bits per heavy atom. The highest BCUT2D eigenvalue weighted by Gasteiger charge is 2.02. The summed E-state index contributed by atoms with van der Waals surface area (Å²) in [7, 11) is 0. The van der Waals surface area contributed by atoms with Crippen molar-refractivity contribution in [3.63, 3.8) is 0 Å². The highest BCUT2D eigenvalue weighted by molar-refractivity contribution is 9.10. The first-order valence-corrected chi connectivity index (χ1v) is 7.58. The molecule has 0 radical (unpaired) electrons. The van der Waals surface area contributed by atoms with Gasteiger partial charge in [0.25, 0.3) is 0 Å². The molecule has 94 valence electrons. The van der Waals surface area contributed by atoms with Gasteiger partial charge in [-0.2, -0.15) is 0 Å². The lowest BCUT2D eigenvalue weighted by molar-refractivity contribution is 1.15. The summed E-state index contributed by atoms with van der Waals surface area (Å²) in [5.41, 5.74) is 1.20. The average molecular weight is 323 g/mol. The summed E-state index contributed by atoms with van der Waals surface area (Å²) in [6.07, 6.45) is 1.83. The molecule has 0 aliphatic rings. The second-order valence-electron chi connectivity index (χ2n) is 3.88. The van der Waals surface area contributed by atoms with Gasteiger partial charge >= 0.3 is 0 Å². The lowest BCUT2D eigenvalue weighted by Crippen LogP contribution is -2.06. The summed E-state index contributed by atoms with van der Waals surface area (Å²) in [4.78, 5) is 5.62. The van der Waals surface area contributed by atoms with Crippen LogP contribution < -0.4 is 5.32 Å². The first kappa shape index (κ1) is 13.4. The number of hydrogen-bond donors (Lipinski definition) is 1. The van der Waals surface area contributed by atoms with Gasteiger partial charge in [0, 0.05) is 23.4 Å². The number of aryl methyl sites for hydroxylation is 1. The maximum absolute atomic E-state index is 4.32. The molecule has 0 saturated heterocycles. The van der Waals surface area contributed by atoms with Crippen molar-refractivity contribution in [2.24, 2.45) is 0 Å². The molecule has 0 saturated carbocycles. The fourth-order valence-electron chi connectivity index (χ4n) is 1.52. The third-order valence-electron chi connectivity index (χ3n) is 2.49. The summed E-state index contributed by atoms with van der Waals surface area (Å²) in [6.45, 7) is 2.96. The monoisotopic (exact) mass is 322 g/mol. The summed E-state index contributed by atoms with van der Waals surface area (Å²) in [5.74, 6) is 1.94. The number of nitrogens with zero attached hydrogens (tertiary/aromatic N) is 1. The number of pyridine rings is 1. The molecule has 1 heterocycles. The molecule has 0 atom stereocenters. The predicted octanol–water partition coefficient (Wildman–Crippen LogP) is 4.36. The van der Waals surface area contributed by atoms with E-state index >= 15 is 0 Å². The number of anilines is 1. The quantitative estimate of drug-likeness (QED) is 0.654. The van der Waals surface area contributed by atoms with E-state index in [1.165, 1.54) is 10.5 Å². The van der Waals surface area contributed by atoms with Gasteiger partial charge in [-0.3, -0.25) is 0 Å². The van der Waals surface area contributed by atoms with Crippen LogP contribution in [0.25, 0.3) is 0 Å². The van der Waals surface area contributed by atoms with E-state index in [-0.39, 0.29) is 0 Å². The molecule has 0 aliphatic heterocycles. The normalized spacial score (nSPS) is 10.3. The summed E-state index contributed by atoms with van der Waals surface area (Å²) in [5, 5.41) is 3.35. The number of rotatable bonds is 5. The van der Waals surface area contributed by atoms with Crippen LogP contribution in [0.3, 0.4) is 0 Å². The Kier molecular flexibility index (Phi) is 5.08. The van der Waals surface area contributed by atoms with Crippen molar-refractivity contribution < 1.29 is 0 Å². The van der Waals surface area contributed by atoms with Gasteiger partial charge in [-0.25, -0.2) is 4.98 Å². The van der Waals surface area contributed by atoms with Crippen LogP contribution in [-0.2, 0) is 0 Å². The van der Waals surface area contributed by atoms with Crippen molar-refractivity contribution in [1.82, 2.24) is 4.98 Å². The molecule has 0 unspecified atom stereocenters. The predicted molar refractivity (Wildman–Crippen MR) is 82.3 cm³/mol. The molecule has 2 aromatic rings. The van der Waals surface area contributed by atoms with Crippen LogP contribution in [0.5, 0.6) is 0 Å². The molecule has 1 N–H and O–H groups in total. The molecular weight excluding hydrogens is 308 g/mol. The van der Waals surface area contributed by atoms with E-state index in [4.69, 9.17) is 0 Å². The maximum Gasteiger partial charge on any atom is 0.140 e. The molecular formula is C14H15BrN2S. The number of nitrogens with one attached hydrogen (secondary N) is 1. The molecule has 0 amide bonds. The minimum Gasteiger partial charge on any atom is -0.368 e. The molecule has 4 heteroatoms. The van der Waals surface area contributed by atoms with E-state index in [1.54, 1.807) is 0 Å². The number of thioether (sulfide) groups is 1. The van der Waals surface area contributed by atoms with Crippen LogP contribution in [0.15, 0.2) is 52.0 Å². The Labute approximate surface area is 120 Å². The van der Waals surface area contributed by atoms with Gasteiger partial charge in [0.05, 0.1) is 4.47 Å². The SMILES string of the molecule is Cc1ccnc(NCCSc2ccccc2)c1Br. The Morgan fingerprint density at radius 2 is 2.00 bits per heavy atom. The summed E-state index contributed by atoms with van der Waals surface area (Å²) < 4.78 is 1.05. The second-order valence-corrected chi connectivity index (χ2v) is 5.84. The molecule has 0 spiro atoms. The summed E-state index contributed by atoms with van der Waals surface area (Å²) in [6, 6.07) is 12.4. The zero-order valence-corrected chi connectivity index (χ0v) is 12.6. The largest absolute Gasteiger partial charge is 0.368 e. The van der Waals surface area contributed by atoms with Gasteiger partial charge in [-0.1, -0.05) is 18.2 Å². The van der Waals surface area contributed by atoms with Gasteiger partial charge in [0.1, 0.15) is 5.82 Å². The highest BCUT2D eigenvalue weighted by Crippen LogP contribution is 2.23. The van der Waals surface area contributed by atoms with E-state index in [0.717, 1.165) is 22.6 Å². The van der Waals surface area contributed by atoms with Crippen molar-refractivity contribution >= 4 is 33.5 Å². The minimum absolute atomic E-state index is 0.897. The fraction of sp³-hybridized carbons (Fsp3) is 0.214. The maximum atomic E-state index is 4.32. The molecule has 2 rings (SSSR count). The molecule has 2 nitrogen and oxygen atoms in total. The molecule has 0 bridgehead atoms. The van der Waals surface area contributed by atoms with Crippen LogP contribution in [0, 0.1) is 6.92 Å². The number of benzene rings is 1. The molecule has 18 heavy (non-hydrogen) atoms. The third kappa shape index (κ3) is 3.75. The zero-order valence-electron chi connectivity index (χ0n) is 10.2. The van der Waals surface area contributed by atoms with Crippen molar-refractivity contribution in [2.75, 3.05) is 17.6 Å². The Bertz CT molecular complexity index is 502. The molecule has 1 aromatic heterocycles. The van der Waals surface area contributed by atoms with Crippen LogP contribution in [0.2, 0.25) is 0 Å². The zero-order chi connectivity index (χ0) is 12.8. The Balaban J connectivity index is 1.81. The second kappa shape index (κ2) is 6.81. The first-order valence-electron chi connectivity index (χ1n) is 5.80. The van der Waals surface area contributed by atoms with E-state index < -0.39 is 0 Å². The standard InChI is InChI=1S/C14H15BrN2S/c1-11-7-8-16-14(13(11)15)17-9-10-18-12-5-3-2-4-6-12/h2-8H,9-10H2,1H3,(H,16,17). The number of hydrogen-bond acceptors (Lipinski definition) is 3. The molecule has 0 fully saturated rings. The Morgan fingerprint density at radius 3 is 2.78 bits per heavy atom. The van der Waals surface area contributed by atoms with Crippen molar-refractivity contribution in [3.8, 4) is 0 Å². The van der Waals surface area contributed by atoms with Crippen molar-refractivity contribution in [3.05, 3.63) is 52.6 Å². The van der Waals surface area contributed by atoms with Gasteiger partial charge in [0.15, 0.2) is 0 Å². The lowest BCUT2D eigenvalue weighted by Gasteiger charge is -2.08. The van der Waals surface area contributed by atoms with Crippen molar-refractivity contribution in [1.29, 1.82) is 0 Å². The molecule has 1 aromatic carbocycles. The van der Waals surface area contributed by atoms with E-state index in [1.807, 2.05) is 30.1 Å². The smallest absolute Gasteiger partial charge is 0.140 e. The van der Waals surface area contributed by atoms with Gasteiger partial charge in [0.2, 0.25) is 0 Å². The van der Waals surface area contributed by atoms with Crippen LogP contribution >= 0.6 is 27.7 Å². The lowest BCUT2D eigenvalue weighted by atomic mass is 10.3. The van der Waals surface area contributed by atoms with E-state index in [2.05, 4.69) is 57.4 Å². The topological polar surface area (TPSA) is 24.9 Å². The van der Waals surface area contributed by atoms with Crippen LogP contribution in [0.1, 0.15) is 5.56 Å². The van der Waals surface area contributed by atoms with E-state index in [9.17, 15) is 0 Å². The van der Waals surface area contributed by atoms with Crippen LogP contribution in [-0.4, -0.2) is 17.3 Å². The van der Waals surface area contributed by atoms with Crippen molar-refractivity contribution in [2.45, 2.75) is 11.8 Å². The minimum atomic E-state index is 0.897. The third-order valence-corrected chi connectivity index (χ3v) is 4.50. The van der Waals surface area contributed by atoms with Gasteiger partial charge < -0.3 is 5.32 Å². The van der Waals surface area contributed by atoms with E-state index in [0.29, 0.717) is 0 Å². The fourth-order valence-corrected chi connectivity index (χ4v) is 2.68. The molecule has 0 aliphatic carbocycles.